The molecule has 0 unspecified atom stereocenters. The second-order valence-electron chi connectivity index (χ2n) is 5.44. The first-order valence-corrected chi connectivity index (χ1v) is 10.2. The van der Waals surface area contributed by atoms with Gasteiger partial charge in [-0.15, -0.1) is 35.3 Å². The standard InChI is InChI=1S/C16H21FN4O2S2.HI/c1-12-20-13(11-24-12)10-21(3)16(18-2)19-8-9-25(22,23)15-7-5-4-6-14(15)17;/h4-7,11H,8-10H2,1-3H3,(H,18,19);1H. The lowest BCUT2D eigenvalue weighted by Crippen LogP contribution is -2.40. The zero-order chi connectivity index (χ0) is 18.4. The van der Waals surface area contributed by atoms with E-state index >= 15 is 0 Å². The summed E-state index contributed by atoms with van der Waals surface area (Å²) in [7, 11) is -0.234. The maximum Gasteiger partial charge on any atom is 0.193 e. The van der Waals surface area contributed by atoms with Crippen molar-refractivity contribution < 1.29 is 12.8 Å². The number of guanidine groups is 1. The lowest BCUT2D eigenvalue weighted by Gasteiger charge is -2.21. The van der Waals surface area contributed by atoms with Crippen LogP contribution in [0.5, 0.6) is 0 Å². The molecule has 0 fully saturated rings. The highest BCUT2D eigenvalue weighted by Gasteiger charge is 2.19. The minimum Gasteiger partial charge on any atom is -0.355 e. The van der Waals surface area contributed by atoms with Crippen LogP contribution in [0.1, 0.15) is 10.7 Å². The molecule has 0 saturated heterocycles. The predicted molar refractivity (Wildman–Crippen MR) is 114 cm³/mol. The van der Waals surface area contributed by atoms with Gasteiger partial charge in [0, 0.05) is 26.0 Å². The molecule has 0 atom stereocenters. The Morgan fingerprint density at radius 2 is 2.08 bits per heavy atom. The van der Waals surface area contributed by atoms with Crippen LogP contribution in [-0.4, -0.2) is 50.7 Å². The topological polar surface area (TPSA) is 74.7 Å². The van der Waals surface area contributed by atoms with Gasteiger partial charge < -0.3 is 10.2 Å². The second-order valence-corrected chi connectivity index (χ2v) is 8.58. The van der Waals surface area contributed by atoms with E-state index in [0.717, 1.165) is 16.8 Å². The third-order valence-electron chi connectivity index (χ3n) is 3.46. The van der Waals surface area contributed by atoms with Gasteiger partial charge in [0.05, 0.1) is 23.0 Å². The van der Waals surface area contributed by atoms with Crippen LogP contribution in [0.15, 0.2) is 39.5 Å². The van der Waals surface area contributed by atoms with Crippen LogP contribution in [0.2, 0.25) is 0 Å². The van der Waals surface area contributed by atoms with Crippen LogP contribution in [-0.2, 0) is 16.4 Å². The average molecular weight is 512 g/mol. The molecule has 1 aromatic carbocycles. The highest BCUT2D eigenvalue weighted by atomic mass is 127. The molecule has 2 aromatic rings. The lowest BCUT2D eigenvalue weighted by atomic mass is 10.3. The molecule has 1 aromatic heterocycles. The van der Waals surface area contributed by atoms with Gasteiger partial charge in [-0.1, -0.05) is 12.1 Å². The number of benzene rings is 1. The number of nitrogens with one attached hydrogen (secondary N) is 1. The largest absolute Gasteiger partial charge is 0.355 e. The summed E-state index contributed by atoms with van der Waals surface area (Å²) in [4.78, 5) is 10.1. The minimum atomic E-state index is -3.70. The molecule has 10 heteroatoms. The molecule has 0 aliphatic rings. The first kappa shape index (κ1) is 22.8. The van der Waals surface area contributed by atoms with Crippen molar-refractivity contribution in [3.63, 3.8) is 0 Å². The fourth-order valence-electron chi connectivity index (χ4n) is 2.29. The fraction of sp³-hybridized carbons (Fsp3) is 0.375. The van der Waals surface area contributed by atoms with E-state index in [-0.39, 0.29) is 41.2 Å². The average Bonchev–Trinajstić information content (AvgIpc) is 2.96. The van der Waals surface area contributed by atoms with Crippen molar-refractivity contribution in [1.29, 1.82) is 0 Å². The zero-order valence-corrected chi connectivity index (χ0v) is 18.7. The Morgan fingerprint density at radius 3 is 2.65 bits per heavy atom. The van der Waals surface area contributed by atoms with Gasteiger partial charge in [-0.05, 0) is 19.1 Å². The van der Waals surface area contributed by atoms with Crippen LogP contribution in [0.4, 0.5) is 4.39 Å². The number of aryl methyl sites for hydroxylation is 1. The third-order valence-corrected chi connectivity index (χ3v) is 6.03. The highest BCUT2D eigenvalue weighted by molar-refractivity contribution is 14.0. The molecular weight excluding hydrogens is 490 g/mol. The number of hydrogen-bond donors (Lipinski definition) is 1. The van der Waals surface area contributed by atoms with Gasteiger partial charge in [-0.3, -0.25) is 4.99 Å². The Balaban J connectivity index is 0.00000338. The number of aliphatic imine (C=N–C) groups is 1. The Labute approximate surface area is 174 Å². The van der Waals surface area contributed by atoms with Gasteiger partial charge in [0.25, 0.3) is 0 Å². The molecule has 0 aliphatic heterocycles. The molecule has 0 amide bonds. The van der Waals surface area contributed by atoms with E-state index in [1.165, 1.54) is 18.2 Å². The molecule has 144 valence electrons. The van der Waals surface area contributed by atoms with Crippen molar-refractivity contribution in [2.24, 2.45) is 4.99 Å². The number of thiazole rings is 1. The van der Waals surface area contributed by atoms with Gasteiger partial charge in [-0.2, -0.15) is 0 Å². The Kier molecular flexibility index (Phi) is 8.90. The molecule has 26 heavy (non-hydrogen) atoms. The first-order chi connectivity index (χ1) is 11.8. The molecular formula is C16H22FIN4O2S2. The van der Waals surface area contributed by atoms with Crippen molar-refractivity contribution in [3.8, 4) is 0 Å². The Morgan fingerprint density at radius 1 is 1.38 bits per heavy atom. The lowest BCUT2D eigenvalue weighted by molar-refractivity contribution is 0.472. The van der Waals surface area contributed by atoms with Crippen LogP contribution in [0.25, 0.3) is 0 Å². The Hall–Kier alpha value is -1.27. The van der Waals surface area contributed by atoms with E-state index in [0.29, 0.717) is 12.5 Å². The number of rotatable bonds is 6. The van der Waals surface area contributed by atoms with Crippen molar-refractivity contribution in [3.05, 3.63) is 46.2 Å². The highest BCUT2D eigenvalue weighted by Crippen LogP contribution is 2.15. The summed E-state index contributed by atoms with van der Waals surface area (Å²) < 4.78 is 38.2. The van der Waals surface area contributed by atoms with Crippen molar-refractivity contribution in [1.82, 2.24) is 15.2 Å². The maximum absolute atomic E-state index is 13.7. The van der Waals surface area contributed by atoms with Crippen molar-refractivity contribution >= 4 is 51.1 Å². The monoisotopic (exact) mass is 512 g/mol. The van der Waals surface area contributed by atoms with Gasteiger partial charge in [-0.25, -0.2) is 17.8 Å². The smallest absolute Gasteiger partial charge is 0.193 e. The van der Waals surface area contributed by atoms with Crippen LogP contribution in [0.3, 0.4) is 0 Å². The van der Waals surface area contributed by atoms with Gasteiger partial charge in [0.2, 0.25) is 0 Å². The first-order valence-electron chi connectivity index (χ1n) is 7.63. The summed E-state index contributed by atoms with van der Waals surface area (Å²) >= 11 is 1.57. The maximum atomic E-state index is 13.7. The van der Waals surface area contributed by atoms with Gasteiger partial charge in [0.15, 0.2) is 15.8 Å². The molecule has 6 nitrogen and oxygen atoms in total. The SMILES string of the molecule is CN=C(NCCS(=O)(=O)c1ccccc1F)N(C)Cc1csc(C)n1.I. The molecule has 0 saturated carbocycles. The minimum absolute atomic E-state index is 0. The van der Waals surface area contributed by atoms with E-state index in [1.54, 1.807) is 18.4 Å². The van der Waals surface area contributed by atoms with E-state index in [9.17, 15) is 12.8 Å². The van der Waals surface area contributed by atoms with Crippen molar-refractivity contribution in [2.75, 3.05) is 26.4 Å². The van der Waals surface area contributed by atoms with Crippen LogP contribution in [0, 0.1) is 12.7 Å². The number of halogens is 2. The summed E-state index contributed by atoms with van der Waals surface area (Å²) in [6.07, 6.45) is 0. The quantitative estimate of drug-likeness (QED) is 0.366. The summed E-state index contributed by atoms with van der Waals surface area (Å²) in [5.41, 5.74) is 0.923. The second kappa shape index (κ2) is 10.2. The summed E-state index contributed by atoms with van der Waals surface area (Å²) in [6, 6.07) is 5.38. The Bertz CT molecular complexity index is 855. The summed E-state index contributed by atoms with van der Waals surface area (Å²) in [5.74, 6) is -0.409. The number of aromatic nitrogens is 1. The predicted octanol–water partition coefficient (Wildman–Crippen LogP) is 2.69. The number of nitrogens with zero attached hydrogens (tertiary/aromatic N) is 3. The van der Waals surface area contributed by atoms with E-state index < -0.39 is 15.7 Å². The molecule has 1 N–H and O–H groups in total. The van der Waals surface area contributed by atoms with E-state index in [4.69, 9.17) is 0 Å². The van der Waals surface area contributed by atoms with Gasteiger partial charge >= 0.3 is 0 Å². The number of hydrogen-bond acceptors (Lipinski definition) is 5. The molecule has 0 spiro atoms. The molecule has 1 heterocycles. The van der Waals surface area contributed by atoms with Gasteiger partial charge in [0.1, 0.15) is 10.7 Å². The third kappa shape index (κ3) is 6.16. The van der Waals surface area contributed by atoms with E-state index in [1.807, 2.05) is 24.3 Å². The molecule has 0 aliphatic carbocycles. The zero-order valence-electron chi connectivity index (χ0n) is 14.8. The summed E-state index contributed by atoms with van der Waals surface area (Å²) in [5, 5.41) is 5.95. The van der Waals surface area contributed by atoms with E-state index in [2.05, 4.69) is 15.3 Å². The normalized spacial score (nSPS) is 11.8. The molecule has 0 bridgehead atoms. The molecule has 2 rings (SSSR count). The molecule has 0 radical (unpaired) electrons. The van der Waals surface area contributed by atoms with Crippen molar-refractivity contribution in [2.45, 2.75) is 18.4 Å². The summed E-state index contributed by atoms with van der Waals surface area (Å²) in [6.45, 7) is 2.63. The number of sulfone groups is 1. The fourth-order valence-corrected chi connectivity index (χ4v) is 4.13. The van der Waals surface area contributed by atoms with Crippen LogP contribution < -0.4 is 5.32 Å². The van der Waals surface area contributed by atoms with Crippen LogP contribution >= 0.6 is 35.3 Å².